The van der Waals surface area contributed by atoms with E-state index < -0.39 is 10.0 Å². The van der Waals surface area contributed by atoms with Crippen LogP contribution in [0.25, 0.3) is 0 Å². The first-order chi connectivity index (χ1) is 9.42. The Kier molecular flexibility index (Phi) is 4.47. The number of anilines is 1. The predicted molar refractivity (Wildman–Crippen MR) is 83.8 cm³/mol. The van der Waals surface area contributed by atoms with Gasteiger partial charge in [0.2, 0.25) is 0 Å². The van der Waals surface area contributed by atoms with Crippen molar-refractivity contribution in [2.24, 2.45) is 0 Å². The van der Waals surface area contributed by atoms with Crippen LogP contribution in [0.5, 0.6) is 0 Å². The molecule has 2 N–H and O–H groups in total. The first-order valence-corrected chi connectivity index (χ1v) is 8.56. The van der Waals surface area contributed by atoms with Crippen molar-refractivity contribution < 1.29 is 8.42 Å². The summed E-state index contributed by atoms with van der Waals surface area (Å²) in [6.07, 6.45) is 0. The molecule has 0 aliphatic rings. The average Bonchev–Trinajstić information content (AvgIpc) is 2.83. The van der Waals surface area contributed by atoms with Crippen LogP contribution in [-0.4, -0.2) is 15.5 Å². The fourth-order valence-corrected chi connectivity index (χ4v) is 4.39. The number of thiophene rings is 1. The first-order valence-electron chi connectivity index (χ1n) is 6.26. The molecule has 0 amide bonds. The highest BCUT2D eigenvalue weighted by Gasteiger charge is 2.17. The van der Waals surface area contributed by atoms with Crippen LogP contribution in [0, 0.1) is 13.8 Å². The van der Waals surface area contributed by atoms with E-state index in [1.807, 2.05) is 39.1 Å². The van der Waals surface area contributed by atoms with Gasteiger partial charge < -0.3 is 5.32 Å². The second kappa shape index (κ2) is 5.95. The van der Waals surface area contributed by atoms with Gasteiger partial charge in [-0.1, -0.05) is 17.7 Å². The lowest BCUT2D eigenvalue weighted by molar-refractivity contribution is 0.603. The fraction of sp³-hybridized carbons (Fsp3) is 0.286. The van der Waals surface area contributed by atoms with E-state index in [9.17, 15) is 8.42 Å². The third-order valence-corrected chi connectivity index (χ3v) is 5.82. The van der Waals surface area contributed by atoms with E-state index in [2.05, 4.69) is 10.0 Å². The number of benzene rings is 1. The van der Waals surface area contributed by atoms with Crippen LogP contribution < -0.4 is 10.0 Å². The van der Waals surface area contributed by atoms with Gasteiger partial charge in [0.1, 0.15) is 4.21 Å². The van der Waals surface area contributed by atoms with E-state index >= 15 is 0 Å². The molecule has 2 rings (SSSR count). The van der Waals surface area contributed by atoms with E-state index in [1.54, 1.807) is 12.1 Å². The molecular weight excluding hydrogens is 292 g/mol. The van der Waals surface area contributed by atoms with Gasteiger partial charge in [-0.3, -0.25) is 4.72 Å². The standard InChI is InChI=1S/C14H18N2O2S2/c1-10-4-6-13(11(2)8-10)16-20(17,18)14-7-5-12(19-14)9-15-3/h4-8,15-16H,9H2,1-3H3. The van der Waals surface area contributed by atoms with Crippen molar-refractivity contribution in [2.75, 3.05) is 11.8 Å². The fourth-order valence-electron chi connectivity index (χ4n) is 1.90. The van der Waals surface area contributed by atoms with Gasteiger partial charge in [-0.25, -0.2) is 8.42 Å². The van der Waals surface area contributed by atoms with Gasteiger partial charge in [-0.15, -0.1) is 11.3 Å². The zero-order chi connectivity index (χ0) is 14.8. The normalized spacial score (nSPS) is 11.6. The maximum absolute atomic E-state index is 12.3. The Morgan fingerprint density at radius 1 is 1.15 bits per heavy atom. The van der Waals surface area contributed by atoms with Gasteiger partial charge >= 0.3 is 0 Å². The molecule has 0 saturated heterocycles. The molecule has 20 heavy (non-hydrogen) atoms. The van der Waals surface area contributed by atoms with Gasteiger partial charge in [0.15, 0.2) is 0 Å². The van der Waals surface area contributed by atoms with Crippen LogP contribution in [-0.2, 0) is 16.6 Å². The minimum atomic E-state index is -3.51. The number of sulfonamides is 1. The van der Waals surface area contributed by atoms with Crippen molar-refractivity contribution >= 4 is 27.0 Å². The molecule has 0 unspecified atom stereocenters. The van der Waals surface area contributed by atoms with Gasteiger partial charge in [0.05, 0.1) is 5.69 Å². The smallest absolute Gasteiger partial charge is 0.271 e. The van der Waals surface area contributed by atoms with Gasteiger partial charge in [0, 0.05) is 11.4 Å². The molecule has 0 atom stereocenters. The highest BCUT2D eigenvalue weighted by atomic mass is 32.2. The molecule has 108 valence electrons. The SMILES string of the molecule is CNCc1ccc(S(=O)(=O)Nc2ccc(C)cc2C)s1. The van der Waals surface area contributed by atoms with Crippen molar-refractivity contribution in [1.29, 1.82) is 0 Å². The van der Waals surface area contributed by atoms with Crippen LogP contribution in [0.15, 0.2) is 34.5 Å². The second-order valence-electron chi connectivity index (χ2n) is 4.67. The van der Waals surface area contributed by atoms with E-state index in [4.69, 9.17) is 0 Å². The highest BCUT2D eigenvalue weighted by molar-refractivity contribution is 7.94. The second-order valence-corrected chi connectivity index (χ2v) is 7.75. The quantitative estimate of drug-likeness (QED) is 0.893. The topological polar surface area (TPSA) is 58.2 Å². The molecule has 0 aliphatic heterocycles. The summed E-state index contributed by atoms with van der Waals surface area (Å²) in [6.45, 7) is 4.55. The summed E-state index contributed by atoms with van der Waals surface area (Å²) in [5.74, 6) is 0. The summed E-state index contributed by atoms with van der Waals surface area (Å²) >= 11 is 1.28. The van der Waals surface area contributed by atoms with Crippen molar-refractivity contribution in [1.82, 2.24) is 5.32 Å². The van der Waals surface area contributed by atoms with Crippen molar-refractivity contribution in [3.8, 4) is 0 Å². The molecule has 2 aromatic rings. The Morgan fingerprint density at radius 3 is 2.55 bits per heavy atom. The molecule has 0 fully saturated rings. The third-order valence-electron chi connectivity index (χ3n) is 2.88. The van der Waals surface area contributed by atoms with Crippen molar-refractivity contribution in [3.05, 3.63) is 46.3 Å². The van der Waals surface area contributed by atoms with Crippen molar-refractivity contribution in [2.45, 2.75) is 24.6 Å². The molecule has 0 spiro atoms. The van der Waals surface area contributed by atoms with E-state index in [-0.39, 0.29) is 0 Å². The highest BCUT2D eigenvalue weighted by Crippen LogP contribution is 2.25. The van der Waals surface area contributed by atoms with Gasteiger partial charge in [0.25, 0.3) is 10.0 Å². The van der Waals surface area contributed by atoms with E-state index in [1.165, 1.54) is 11.3 Å². The van der Waals surface area contributed by atoms with E-state index in [0.717, 1.165) is 16.0 Å². The molecule has 0 bridgehead atoms. The lowest BCUT2D eigenvalue weighted by atomic mass is 10.1. The molecule has 1 heterocycles. The largest absolute Gasteiger partial charge is 0.315 e. The third kappa shape index (κ3) is 3.39. The number of rotatable bonds is 5. The summed E-state index contributed by atoms with van der Waals surface area (Å²) in [7, 11) is -1.67. The van der Waals surface area contributed by atoms with Crippen LogP contribution >= 0.6 is 11.3 Å². The van der Waals surface area contributed by atoms with Crippen LogP contribution in [0.3, 0.4) is 0 Å². The zero-order valence-electron chi connectivity index (χ0n) is 11.7. The maximum Gasteiger partial charge on any atom is 0.271 e. The Labute approximate surface area is 123 Å². The Bertz CT molecular complexity index is 706. The number of aryl methyl sites for hydroxylation is 2. The molecule has 6 heteroatoms. The Hall–Kier alpha value is -1.37. The monoisotopic (exact) mass is 310 g/mol. The lowest BCUT2D eigenvalue weighted by Gasteiger charge is -2.09. The van der Waals surface area contributed by atoms with Crippen LogP contribution in [0.4, 0.5) is 5.69 Å². The molecule has 0 aliphatic carbocycles. The predicted octanol–water partition coefficient (Wildman–Crippen LogP) is 2.89. The summed E-state index contributed by atoms with van der Waals surface area (Å²) < 4.78 is 27.7. The summed E-state index contributed by atoms with van der Waals surface area (Å²) in [6, 6.07) is 9.12. The molecular formula is C14H18N2O2S2. The Balaban J connectivity index is 2.26. The number of hydrogen-bond acceptors (Lipinski definition) is 4. The lowest BCUT2D eigenvalue weighted by Crippen LogP contribution is -2.12. The Morgan fingerprint density at radius 2 is 1.90 bits per heavy atom. The maximum atomic E-state index is 12.3. The first kappa shape index (κ1) is 15.0. The van der Waals surface area contributed by atoms with Crippen molar-refractivity contribution in [3.63, 3.8) is 0 Å². The molecule has 0 radical (unpaired) electrons. The minimum absolute atomic E-state index is 0.336. The van der Waals surface area contributed by atoms with Gasteiger partial charge in [-0.05, 0) is 44.7 Å². The molecule has 1 aromatic carbocycles. The molecule has 1 aromatic heterocycles. The number of nitrogens with one attached hydrogen (secondary N) is 2. The van der Waals surface area contributed by atoms with Crippen LogP contribution in [0.2, 0.25) is 0 Å². The molecule has 4 nitrogen and oxygen atoms in total. The zero-order valence-corrected chi connectivity index (χ0v) is 13.4. The summed E-state index contributed by atoms with van der Waals surface area (Å²) in [5.41, 5.74) is 2.65. The van der Waals surface area contributed by atoms with Gasteiger partial charge in [-0.2, -0.15) is 0 Å². The summed E-state index contributed by atoms with van der Waals surface area (Å²) in [4.78, 5) is 0.994. The van der Waals surface area contributed by atoms with Crippen LogP contribution in [0.1, 0.15) is 16.0 Å². The number of hydrogen-bond donors (Lipinski definition) is 2. The summed E-state index contributed by atoms with van der Waals surface area (Å²) in [5, 5.41) is 3.01. The molecule has 0 saturated carbocycles. The minimum Gasteiger partial charge on any atom is -0.315 e. The average molecular weight is 310 g/mol. The van der Waals surface area contributed by atoms with E-state index in [0.29, 0.717) is 16.4 Å².